The van der Waals surface area contributed by atoms with Crippen LogP contribution >= 0.6 is 0 Å². The van der Waals surface area contributed by atoms with Crippen LogP contribution in [0.4, 0.5) is 0 Å². The molecule has 1 unspecified atom stereocenters. The monoisotopic (exact) mass is 500 g/mol. The lowest BCUT2D eigenvalue weighted by atomic mass is 9.78. The van der Waals surface area contributed by atoms with Crippen molar-refractivity contribution in [2.24, 2.45) is 17.8 Å². The average Bonchev–Trinajstić information content (AvgIpc) is 2.93. The topological polar surface area (TPSA) is 27.7 Å². The van der Waals surface area contributed by atoms with Gasteiger partial charge in [-0.05, 0) is 68.2 Å². The molecule has 3 rings (SSSR count). The first-order chi connectivity index (χ1) is 17.7. The van der Waals surface area contributed by atoms with Crippen molar-refractivity contribution in [3.63, 3.8) is 0 Å². The van der Waals surface area contributed by atoms with Crippen LogP contribution in [0.15, 0.2) is 24.3 Å². The number of hydrogen-bond donors (Lipinski definition) is 0. The van der Waals surface area contributed by atoms with Crippen molar-refractivity contribution in [3.05, 3.63) is 29.8 Å². The lowest BCUT2D eigenvalue weighted by Gasteiger charge is -2.43. The van der Waals surface area contributed by atoms with E-state index in [0.717, 1.165) is 62.2 Å². The van der Waals surface area contributed by atoms with Crippen molar-refractivity contribution in [2.75, 3.05) is 19.8 Å². The molecule has 1 aromatic carbocycles. The standard InChI is InChI=1S/C33H56O3/c1-4-7-9-10-11-14-28-17-19-29(20-18-28)15-12-25-34-32-23-21-31(22-24-32)33(35-26-13-27-36-33)30(6-3)16-8-5-2/h21-24,28-30H,4-20,25-27H2,1-3H3/t28-,29-,30?. The van der Waals surface area contributed by atoms with Crippen molar-refractivity contribution >= 4 is 0 Å². The van der Waals surface area contributed by atoms with Crippen molar-refractivity contribution in [1.29, 1.82) is 0 Å². The molecule has 0 radical (unpaired) electrons. The molecule has 2 fully saturated rings. The number of hydrogen-bond acceptors (Lipinski definition) is 3. The van der Waals surface area contributed by atoms with Gasteiger partial charge in [0.1, 0.15) is 5.75 Å². The minimum absolute atomic E-state index is 0.390. The molecule has 2 aliphatic rings. The Hall–Kier alpha value is -1.06. The van der Waals surface area contributed by atoms with Gasteiger partial charge in [-0.25, -0.2) is 0 Å². The van der Waals surface area contributed by atoms with Crippen LogP contribution in [-0.4, -0.2) is 19.8 Å². The van der Waals surface area contributed by atoms with Crippen LogP contribution in [0.3, 0.4) is 0 Å². The molecule has 0 aromatic heterocycles. The molecular weight excluding hydrogens is 444 g/mol. The first kappa shape index (κ1) is 29.5. The molecule has 36 heavy (non-hydrogen) atoms. The van der Waals surface area contributed by atoms with Crippen LogP contribution in [0.5, 0.6) is 5.75 Å². The zero-order valence-electron chi connectivity index (χ0n) is 23.9. The Morgan fingerprint density at radius 2 is 1.39 bits per heavy atom. The first-order valence-electron chi connectivity index (χ1n) is 15.7. The van der Waals surface area contributed by atoms with Gasteiger partial charge in [-0.2, -0.15) is 0 Å². The predicted molar refractivity (Wildman–Crippen MR) is 151 cm³/mol. The number of rotatable bonds is 17. The second kappa shape index (κ2) is 16.7. The van der Waals surface area contributed by atoms with E-state index in [1.165, 1.54) is 89.9 Å². The van der Waals surface area contributed by atoms with Gasteiger partial charge >= 0.3 is 0 Å². The summed E-state index contributed by atoms with van der Waals surface area (Å²) in [5.74, 6) is 2.70. The Kier molecular flexibility index (Phi) is 13.7. The fourth-order valence-corrected chi connectivity index (χ4v) is 6.49. The summed E-state index contributed by atoms with van der Waals surface area (Å²) >= 11 is 0. The summed E-state index contributed by atoms with van der Waals surface area (Å²) in [6, 6.07) is 8.60. The van der Waals surface area contributed by atoms with E-state index in [1.807, 2.05) is 0 Å². The summed E-state index contributed by atoms with van der Waals surface area (Å²) in [6.07, 6.45) is 22.5. The maximum absolute atomic E-state index is 6.39. The largest absolute Gasteiger partial charge is 0.494 e. The first-order valence-corrected chi connectivity index (χ1v) is 15.7. The van der Waals surface area contributed by atoms with E-state index < -0.39 is 5.79 Å². The molecule has 0 N–H and O–H groups in total. The van der Waals surface area contributed by atoms with Gasteiger partial charge in [-0.15, -0.1) is 0 Å². The van der Waals surface area contributed by atoms with Gasteiger partial charge in [0, 0.05) is 11.5 Å². The van der Waals surface area contributed by atoms with E-state index in [0.29, 0.717) is 5.92 Å². The molecule has 1 aliphatic heterocycles. The van der Waals surface area contributed by atoms with Gasteiger partial charge in [0.15, 0.2) is 5.79 Å². The van der Waals surface area contributed by atoms with E-state index in [-0.39, 0.29) is 0 Å². The molecule has 1 atom stereocenters. The summed E-state index contributed by atoms with van der Waals surface area (Å²) in [7, 11) is 0. The van der Waals surface area contributed by atoms with Gasteiger partial charge in [0.05, 0.1) is 19.8 Å². The van der Waals surface area contributed by atoms with E-state index in [9.17, 15) is 0 Å². The summed E-state index contributed by atoms with van der Waals surface area (Å²) in [5, 5.41) is 0. The van der Waals surface area contributed by atoms with E-state index >= 15 is 0 Å². The third-order valence-electron chi connectivity index (χ3n) is 8.82. The molecule has 1 heterocycles. The predicted octanol–water partition coefficient (Wildman–Crippen LogP) is 9.82. The van der Waals surface area contributed by atoms with Crippen LogP contribution in [0.2, 0.25) is 0 Å². The molecule has 0 amide bonds. The Morgan fingerprint density at radius 3 is 2.00 bits per heavy atom. The highest BCUT2D eigenvalue weighted by Gasteiger charge is 2.43. The maximum Gasteiger partial charge on any atom is 0.197 e. The number of ether oxygens (including phenoxy) is 3. The van der Waals surface area contributed by atoms with Crippen LogP contribution < -0.4 is 4.74 Å². The summed E-state index contributed by atoms with van der Waals surface area (Å²) in [6.45, 7) is 9.21. The van der Waals surface area contributed by atoms with Crippen LogP contribution in [0, 0.1) is 17.8 Å². The fraction of sp³-hybridized carbons (Fsp3) is 0.818. The van der Waals surface area contributed by atoms with Crippen molar-refractivity contribution in [1.82, 2.24) is 0 Å². The third-order valence-corrected chi connectivity index (χ3v) is 8.82. The summed E-state index contributed by atoms with van der Waals surface area (Å²) < 4.78 is 18.9. The number of unbranched alkanes of at least 4 members (excludes halogenated alkanes) is 5. The van der Waals surface area contributed by atoms with Crippen molar-refractivity contribution < 1.29 is 14.2 Å². The molecule has 1 saturated heterocycles. The normalized spacial score (nSPS) is 22.9. The van der Waals surface area contributed by atoms with Crippen LogP contribution in [-0.2, 0) is 15.3 Å². The van der Waals surface area contributed by atoms with Crippen molar-refractivity contribution in [3.8, 4) is 5.75 Å². The highest BCUT2D eigenvalue weighted by molar-refractivity contribution is 5.30. The minimum atomic E-state index is -0.588. The van der Waals surface area contributed by atoms with E-state index in [2.05, 4.69) is 45.0 Å². The smallest absolute Gasteiger partial charge is 0.197 e. The zero-order chi connectivity index (χ0) is 25.5. The van der Waals surface area contributed by atoms with E-state index in [4.69, 9.17) is 14.2 Å². The van der Waals surface area contributed by atoms with Gasteiger partial charge in [-0.1, -0.05) is 97.8 Å². The second-order valence-corrected chi connectivity index (χ2v) is 11.6. The minimum Gasteiger partial charge on any atom is -0.494 e. The van der Waals surface area contributed by atoms with Gasteiger partial charge in [-0.3, -0.25) is 0 Å². The lowest BCUT2D eigenvalue weighted by molar-refractivity contribution is -0.306. The summed E-state index contributed by atoms with van der Waals surface area (Å²) in [5.41, 5.74) is 1.15. The third kappa shape index (κ3) is 9.05. The van der Waals surface area contributed by atoms with Crippen LogP contribution in [0.1, 0.15) is 135 Å². The second-order valence-electron chi connectivity index (χ2n) is 11.6. The Bertz CT molecular complexity index is 671. The van der Waals surface area contributed by atoms with Crippen LogP contribution in [0.25, 0.3) is 0 Å². The molecule has 206 valence electrons. The molecule has 1 aliphatic carbocycles. The Morgan fingerprint density at radius 1 is 0.778 bits per heavy atom. The van der Waals surface area contributed by atoms with Crippen molar-refractivity contribution in [2.45, 2.75) is 136 Å². The molecular formula is C33H56O3. The van der Waals surface area contributed by atoms with Gasteiger partial charge < -0.3 is 14.2 Å². The molecule has 1 saturated carbocycles. The fourth-order valence-electron chi connectivity index (χ4n) is 6.49. The number of benzene rings is 1. The van der Waals surface area contributed by atoms with Gasteiger partial charge in [0.25, 0.3) is 0 Å². The van der Waals surface area contributed by atoms with E-state index in [1.54, 1.807) is 0 Å². The molecule has 1 aromatic rings. The average molecular weight is 501 g/mol. The molecule has 0 spiro atoms. The maximum atomic E-state index is 6.39. The quantitative estimate of drug-likeness (QED) is 0.199. The lowest BCUT2D eigenvalue weighted by Crippen LogP contribution is -2.44. The van der Waals surface area contributed by atoms with Gasteiger partial charge in [0.2, 0.25) is 0 Å². The zero-order valence-corrected chi connectivity index (χ0v) is 23.9. The Labute approximate surface area is 223 Å². The highest BCUT2D eigenvalue weighted by atomic mass is 16.7. The highest BCUT2D eigenvalue weighted by Crippen LogP contribution is 2.42. The SMILES string of the molecule is CCCCCCC[C@H]1CC[C@H](CCCOc2ccc(C3(C(CC)CCCC)OCCCO3)cc2)CC1. The molecule has 3 nitrogen and oxygen atoms in total. The summed E-state index contributed by atoms with van der Waals surface area (Å²) in [4.78, 5) is 0. The Balaban J connectivity index is 1.38. The molecule has 3 heteroatoms. The molecule has 0 bridgehead atoms.